The van der Waals surface area contributed by atoms with Crippen molar-refractivity contribution in [2.75, 3.05) is 26.2 Å². The van der Waals surface area contributed by atoms with E-state index in [1.165, 1.54) is 17.3 Å². The van der Waals surface area contributed by atoms with E-state index in [0.29, 0.717) is 24.0 Å². The van der Waals surface area contributed by atoms with Gasteiger partial charge in [0.1, 0.15) is 4.90 Å². The lowest BCUT2D eigenvalue weighted by molar-refractivity contribution is 0.158. The summed E-state index contributed by atoms with van der Waals surface area (Å²) in [5.41, 5.74) is 0. The SMILES string of the molecule is Cn1cc(S(=O)(=O)N2CCN3CCC[C@@H]3C2)cn1. The fourth-order valence-corrected chi connectivity index (χ4v) is 4.32. The van der Waals surface area contributed by atoms with Gasteiger partial charge in [-0.1, -0.05) is 0 Å². The summed E-state index contributed by atoms with van der Waals surface area (Å²) in [6, 6.07) is 0.408. The van der Waals surface area contributed by atoms with Crippen molar-refractivity contribution < 1.29 is 8.42 Å². The van der Waals surface area contributed by atoms with Crippen LogP contribution in [0.3, 0.4) is 0 Å². The third-order valence-corrected chi connectivity index (χ3v) is 5.69. The van der Waals surface area contributed by atoms with E-state index in [-0.39, 0.29) is 0 Å². The molecule has 0 radical (unpaired) electrons. The van der Waals surface area contributed by atoms with E-state index in [1.54, 1.807) is 17.5 Å². The second-order valence-corrected chi connectivity index (χ2v) is 6.98. The van der Waals surface area contributed by atoms with Crippen LogP contribution in [0, 0.1) is 0 Å². The van der Waals surface area contributed by atoms with Crippen molar-refractivity contribution in [3.8, 4) is 0 Å². The summed E-state index contributed by atoms with van der Waals surface area (Å²) in [4.78, 5) is 2.70. The zero-order valence-electron chi connectivity index (χ0n) is 10.5. The van der Waals surface area contributed by atoms with E-state index in [2.05, 4.69) is 10.00 Å². The first kappa shape index (κ1) is 12.1. The molecule has 0 N–H and O–H groups in total. The van der Waals surface area contributed by atoms with Gasteiger partial charge in [0.05, 0.1) is 6.20 Å². The molecule has 0 aliphatic carbocycles. The lowest BCUT2D eigenvalue weighted by atomic mass is 10.2. The van der Waals surface area contributed by atoms with Crippen LogP contribution in [0.4, 0.5) is 0 Å². The molecule has 0 amide bonds. The maximum absolute atomic E-state index is 12.4. The van der Waals surface area contributed by atoms with Crippen LogP contribution in [0.1, 0.15) is 12.8 Å². The van der Waals surface area contributed by atoms with Gasteiger partial charge in [-0.15, -0.1) is 0 Å². The first-order chi connectivity index (χ1) is 8.57. The third kappa shape index (κ3) is 1.96. The average molecular weight is 270 g/mol. The van der Waals surface area contributed by atoms with Crippen molar-refractivity contribution in [3.05, 3.63) is 12.4 Å². The molecule has 2 fully saturated rings. The predicted octanol–water partition coefficient (Wildman–Crippen LogP) is -0.111. The standard InChI is InChI=1S/C11H18N4O2S/c1-13-9-11(7-12-13)18(16,17)15-6-5-14-4-2-3-10(14)8-15/h7,9-10H,2-6,8H2,1H3/t10-/m1/s1. The molecule has 7 heteroatoms. The van der Waals surface area contributed by atoms with Crippen LogP contribution in [-0.4, -0.2) is 59.6 Å². The summed E-state index contributed by atoms with van der Waals surface area (Å²) < 4.78 is 28.0. The van der Waals surface area contributed by atoms with Gasteiger partial charge in [-0.05, 0) is 19.4 Å². The first-order valence-corrected chi connectivity index (χ1v) is 7.74. The molecular formula is C11H18N4O2S. The molecule has 1 atom stereocenters. The molecule has 3 heterocycles. The highest BCUT2D eigenvalue weighted by atomic mass is 32.2. The molecule has 0 spiro atoms. The monoisotopic (exact) mass is 270 g/mol. The number of rotatable bonds is 2. The van der Waals surface area contributed by atoms with Crippen LogP contribution in [0.2, 0.25) is 0 Å². The van der Waals surface area contributed by atoms with Gasteiger partial charge in [0.25, 0.3) is 0 Å². The second kappa shape index (κ2) is 4.32. The molecule has 1 aromatic rings. The van der Waals surface area contributed by atoms with Crippen molar-refractivity contribution in [1.29, 1.82) is 0 Å². The highest BCUT2D eigenvalue weighted by Gasteiger charge is 2.36. The molecular weight excluding hydrogens is 252 g/mol. The normalized spacial score (nSPS) is 26.4. The minimum Gasteiger partial charge on any atom is -0.298 e. The van der Waals surface area contributed by atoms with Crippen molar-refractivity contribution in [2.24, 2.45) is 7.05 Å². The van der Waals surface area contributed by atoms with Gasteiger partial charge in [-0.25, -0.2) is 8.42 Å². The van der Waals surface area contributed by atoms with Gasteiger partial charge in [0.15, 0.2) is 0 Å². The first-order valence-electron chi connectivity index (χ1n) is 6.30. The molecule has 6 nitrogen and oxygen atoms in total. The van der Waals surface area contributed by atoms with Crippen molar-refractivity contribution >= 4 is 10.0 Å². The van der Waals surface area contributed by atoms with Crippen molar-refractivity contribution in [2.45, 2.75) is 23.8 Å². The Morgan fingerprint density at radius 1 is 1.33 bits per heavy atom. The number of sulfonamides is 1. The maximum Gasteiger partial charge on any atom is 0.246 e. The highest BCUT2D eigenvalue weighted by Crippen LogP contribution is 2.25. The van der Waals surface area contributed by atoms with E-state index in [0.717, 1.165) is 19.5 Å². The van der Waals surface area contributed by atoms with Crippen molar-refractivity contribution in [1.82, 2.24) is 19.0 Å². The molecule has 18 heavy (non-hydrogen) atoms. The number of nitrogens with zero attached hydrogens (tertiary/aromatic N) is 4. The van der Waals surface area contributed by atoms with Crippen LogP contribution in [0.5, 0.6) is 0 Å². The number of hydrogen-bond donors (Lipinski definition) is 0. The van der Waals surface area contributed by atoms with Crippen LogP contribution in [-0.2, 0) is 17.1 Å². The molecule has 2 aliphatic heterocycles. The second-order valence-electron chi connectivity index (χ2n) is 5.04. The predicted molar refractivity (Wildman–Crippen MR) is 66.6 cm³/mol. The Morgan fingerprint density at radius 2 is 2.17 bits per heavy atom. The molecule has 2 aliphatic rings. The van der Waals surface area contributed by atoms with Crippen LogP contribution < -0.4 is 0 Å². The number of aryl methyl sites for hydroxylation is 1. The summed E-state index contributed by atoms with van der Waals surface area (Å²) >= 11 is 0. The quantitative estimate of drug-likeness (QED) is 0.752. The molecule has 0 saturated carbocycles. The van der Waals surface area contributed by atoms with Crippen LogP contribution in [0.25, 0.3) is 0 Å². The number of hydrogen-bond acceptors (Lipinski definition) is 4. The van der Waals surface area contributed by atoms with Crippen LogP contribution in [0.15, 0.2) is 17.3 Å². The maximum atomic E-state index is 12.4. The summed E-state index contributed by atoms with van der Waals surface area (Å²) in [5.74, 6) is 0. The molecule has 3 rings (SSSR count). The number of aromatic nitrogens is 2. The largest absolute Gasteiger partial charge is 0.298 e. The average Bonchev–Trinajstić information content (AvgIpc) is 2.96. The van der Waals surface area contributed by atoms with Gasteiger partial charge in [0.2, 0.25) is 10.0 Å². The third-order valence-electron chi connectivity index (χ3n) is 3.87. The van der Waals surface area contributed by atoms with Gasteiger partial charge < -0.3 is 0 Å². The van der Waals surface area contributed by atoms with Gasteiger partial charge in [-0.2, -0.15) is 9.40 Å². The Labute approximate surface area is 107 Å². The lowest BCUT2D eigenvalue weighted by Gasteiger charge is -2.36. The number of piperazine rings is 1. The fourth-order valence-electron chi connectivity index (χ4n) is 2.86. The smallest absolute Gasteiger partial charge is 0.246 e. The van der Waals surface area contributed by atoms with Crippen molar-refractivity contribution in [3.63, 3.8) is 0 Å². The van der Waals surface area contributed by atoms with Gasteiger partial charge in [0, 0.05) is 38.9 Å². The molecule has 0 bridgehead atoms. The minimum absolute atomic E-state index is 0.302. The Balaban J connectivity index is 1.82. The Bertz CT molecular complexity index is 539. The minimum atomic E-state index is -3.36. The Kier molecular flexibility index (Phi) is 2.91. The Hall–Kier alpha value is -0.920. The highest BCUT2D eigenvalue weighted by molar-refractivity contribution is 7.89. The zero-order chi connectivity index (χ0) is 12.8. The summed E-state index contributed by atoms with van der Waals surface area (Å²) in [6.45, 7) is 3.18. The molecule has 0 unspecified atom stereocenters. The molecule has 2 saturated heterocycles. The van der Waals surface area contributed by atoms with E-state index in [1.807, 2.05) is 0 Å². The number of fused-ring (bicyclic) bond motifs is 1. The molecule has 100 valence electrons. The Morgan fingerprint density at radius 3 is 2.89 bits per heavy atom. The fraction of sp³-hybridized carbons (Fsp3) is 0.727. The summed E-state index contributed by atoms with van der Waals surface area (Å²) in [5, 5.41) is 3.94. The van der Waals surface area contributed by atoms with E-state index >= 15 is 0 Å². The topological polar surface area (TPSA) is 58.4 Å². The van der Waals surface area contributed by atoms with E-state index in [9.17, 15) is 8.42 Å². The summed E-state index contributed by atoms with van der Waals surface area (Å²) in [7, 11) is -1.63. The summed E-state index contributed by atoms with van der Waals surface area (Å²) in [6.07, 6.45) is 5.29. The van der Waals surface area contributed by atoms with E-state index < -0.39 is 10.0 Å². The van der Waals surface area contributed by atoms with Gasteiger partial charge >= 0.3 is 0 Å². The zero-order valence-corrected chi connectivity index (χ0v) is 11.3. The molecule has 1 aromatic heterocycles. The van der Waals surface area contributed by atoms with Gasteiger partial charge in [-0.3, -0.25) is 9.58 Å². The molecule has 0 aromatic carbocycles. The van der Waals surface area contributed by atoms with Crippen LogP contribution >= 0.6 is 0 Å². The lowest BCUT2D eigenvalue weighted by Crippen LogP contribution is -2.51. The van der Waals surface area contributed by atoms with E-state index in [4.69, 9.17) is 0 Å².